The average molecular weight is 235 g/mol. The molecular formula is C10H9N3O2S. The van der Waals surface area contributed by atoms with Crippen LogP contribution < -0.4 is 5.43 Å². The standard InChI is InChI=1S/C10H9N3O2S/c11-10-13(8(14)6-16-10)12-9(15)7-4-2-1-3-5-7/h1-5,11H,6H2,(H,12,15). The SMILES string of the molecule is N=C1SCC(=O)N1NC(=O)c1ccccc1. The Hall–Kier alpha value is -1.82. The largest absolute Gasteiger partial charge is 0.277 e. The molecule has 0 aromatic heterocycles. The normalized spacial score (nSPS) is 15.4. The van der Waals surface area contributed by atoms with E-state index in [-0.39, 0.29) is 22.7 Å². The summed E-state index contributed by atoms with van der Waals surface area (Å²) >= 11 is 1.10. The zero-order valence-corrected chi connectivity index (χ0v) is 9.08. The first-order valence-electron chi connectivity index (χ1n) is 4.59. The van der Waals surface area contributed by atoms with Crippen molar-refractivity contribution in [2.45, 2.75) is 0 Å². The van der Waals surface area contributed by atoms with Crippen LogP contribution in [0, 0.1) is 5.41 Å². The number of benzene rings is 1. The van der Waals surface area contributed by atoms with Gasteiger partial charge in [0, 0.05) is 5.56 Å². The molecule has 0 saturated carbocycles. The van der Waals surface area contributed by atoms with Crippen molar-refractivity contribution in [3.8, 4) is 0 Å². The average Bonchev–Trinajstić information content (AvgIpc) is 2.62. The van der Waals surface area contributed by atoms with E-state index >= 15 is 0 Å². The van der Waals surface area contributed by atoms with E-state index in [0.29, 0.717) is 5.56 Å². The zero-order valence-electron chi connectivity index (χ0n) is 8.27. The summed E-state index contributed by atoms with van der Waals surface area (Å²) in [4.78, 5) is 23.0. The predicted octanol–water partition coefficient (Wildman–Crippen LogP) is 0.842. The molecule has 2 N–H and O–H groups in total. The lowest BCUT2D eigenvalue weighted by molar-refractivity contribution is -0.125. The number of thioether (sulfide) groups is 1. The number of nitrogens with one attached hydrogen (secondary N) is 2. The summed E-state index contributed by atoms with van der Waals surface area (Å²) in [6.45, 7) is 0. The van der Waals surface area contributed by atoms with Crippen LogP contribution in [0.5, 0.6) is 0 Å². The van der Waals surface area contributed by atoms with Crippen molar-refractivity contribution in [1.82, 2.24) is 10.4 Å². The fourth-order valence-corrected chi connectivity index (χ4v) is 1.91. The van der Waals surface area contributed by atoms with E-state index in [2.05, 4.69) is 5.43 Å². The number of hydrazine groups is 1. The fraction of sp³-hybridized carbons (Fsp3) is 0.100. The highest BCUT2D eigenvalue weighted by molar-refractivity contribution is 8.14. The number of rotatable bonds is 2. The van der Waals surface area contributed by atoms with E-state index in [1.807, 2.05) is 0 Å². The first-order chi connectivity index (χ1) is 7.68. The third kappa shape index (κ3) is 2.06. The Morgan fingerprint density at radius 3 is 2.62 bits per heavy atom. The van der Waals surface area contributed by atoms with E-state index in [1.165, 1.54) is 0 Å². The number of nitrogens with zero attached hydrogens (tertiary/aromatic N) is 1. The minimum Gasteiger partial charge on any atom is -0.277 e. The van der Waals surface area contributed by atoms with Crippen molar-refractivity contribution in [1.29, 1.82) is 5.41 Å². The smallest absolute Gasteiger partial charge is 0.270 e. The van der Waals surface area contributed by atoms with Crippen LogP contribution in [-0.2, 0) is 4.79 Å². The molecule has 1 aliphatic heterocycles. The number of amides is 2. The van der Waals surface area contributed by atoms with E-state index in [9.17, 15) is 9.59 Å². The maximum absolute atomic E-state index is 11.7. The molecule has 16 heavy (non-hydrogen) atoms. The van der Waals surface area contributed by atoms with Gasteiger partial charge in [-0.3, -0.25) is 20.4 Å². The Kier molecular flexibility index (Phi) is 2.91. The Balaban J connectivity index is 2.08. The molecule has 2 rings (SSSR count). The molecule has 0 spiro atoms. The molecule has 0 aliphatic carbocycles. The molecule has 0 unspecified atom stereocenters. The quantitative estimate of drug-likeness (QED) is 0.797. The minimum atomic E-state index is -0.388. The second-order valence-electron chi connectivity index (χ2n) is 3.13. The molecule has 82 valence electrons. The van der Waals surface area contributed by atoms with Gasteiger partial charge in [-0.05, 0) is 12.1 Å². The molecule has 1 aromatic rings. The lowest BCUT2D eigenvalue weighted by Gasteiger charge is -2.15. The van der Waals surface area contributed by atoms with E-state index in [1.54, 1.807) is 30.3 Å². The van der Waals surface area contributed by atoms with Crippen molar-refractivity contribution in [2.24, 2.45) is 0 Å². The van der Waals surface area contributed by atoms with Gasteiger partial charge in [0.25, 0.3) is 11.8 Å². The van der Waals surface area contributed by atoms with Crippen LogP contribution >= 0.6 is 11.8 Å². The van der Waals surface area contributed by atoms with Gasteiger partial charge in [-0.1, -0.05) is 30.0 Å². The predicted molar refractivity (Wildman–Crippen MR) is 60.9 cm³/mol. The van der Waals surface area contributed by atoms with E-state index < -0.39 is 0 Å². The molecule has 1 fully saturated rings. The third-order valence-corrected chi connectivity index (χ3v) is 2.88. The van der Waals surface area contributed by atoms with Crippen molar-refractivity contribution in [2.75, 3.05) is 5.75 Å². The maximum Gasteiger partial charge on any atom is 0.270 e. The molecular weight excluding hydrogens is 226 g/mol. The van der Waals surface area contributed by atoms with Crippen LogP contribution in [0.25, 0.3) is 0 Å². The van der Waals surface area contributed by atoms with Gasteiger partial charge in [0.05, 0.1) is 5.75 Å². The van der Waals surface area contributed by atoms with Crippen molar-refractivity contribution >= 4 is 28.7 Å². The zero-order chi connectivity index (χ0) is 11.5. The lowest BCUT2D eigenvalue weighted by Crippen LogP contribution is -2.45. The van der Waals surface area contributed by atoms with Crippen LogP contribution in [0.1, 0.15) is 10.4 Å². The van der Waals surface area contributed by atoms with Crippen LogP contribution in [-0.4, -0.2) is 27.7 Å². The van der Waals surface area contributed by atoms with Crippen molar-refractivity contribution in [3.05, 3.63) is 35.9 Å². The van der Waals surface area contributed by atoms with E-state index in [0.717, 1.165) is 16.8 Å². The minimum absolute atomic E-state index is 0.0503. The summed E-state index contributed by atoms with van der Waals surface area (Å²) in [5.41, 5.74) is 2.85. The second-order valence-corrected chi connectivity index (χ2v) is 4.09. The summed E-state index contributed by atoms with van der Waals surface area (Å²) in [6.07, 6.45) is 0. The van der Waals surface area contributed by atoms with Crippen LogP contribution in [0.2, 0.25) is 0 Å². The molecule has 0 radical (unpaired) electrons. The number of hydrogen-bond acceptors (Lipinski definition) is 4. The molecule has 2 amide bonds. The number of carbonyl (C=O) groups excluding carboxylic acids is 2. The third-order valence-electron chi connectivity index (χ3n) is 2.03. The molecule has 1 heterocycles. The Bertz CT molecular complexity index is 431. The van der Waals surface area contributed by atoms with Gasteiger partial charge in [0.15, 0.2) is 5.17 Å². The summed E-state index contributed by atoms with van der Waals surface area (Å²) in [5.74, 6) is -0.464. The Morgan fingerprint density at radius 2 is 2.06 bits per heavy atom. The van der Waals surface area contributed by atoms with Gasteiger partial charge in [-0.15, -0.1) is 0 Å². The van der Waals surface area contributed by atoms with Crippen molar-refractivity contribution < 1.29 is 9.59 Å². The summed E-state index contributed by atoms with van der Waals surface area (Å²) in [7, 11) is 0. The fourth-order valence-electron chi connectivity index (χ4n) is 1.24. The second kappa shape index (κ2) is 4.36. The van der Waals surface area contributed by atoms with Gasteiger partial charge in [-0.2, -0.15) is 5.01 Å². The van der Waals surface area contributed by atoms with Gasteiger partial charge in [0.2, 0.25) is 0 Å². The molecule has 6 heteroatoms. The summed E-state index contributed by atoms with van der Waals surface area (Å²) in [5, 5.41) is 8.47. The highest BCUT2D eigenvalue weighted by atomic mass is 32.2. The van der Waals surface area contributed by atoms with Crippen LogP contribution in [0.4, 0.5) is 0 Å². The first kappa shape index (κ1) is 10.7. The summed E-state index contributed by atoms with van der Waals surface area (Å²) < 4.78 is 0. The van der Waals surface area contributed by atoms with Crippen LogP contribution in [0.3, 0.4) is 0 Å². The monoisotopic (exact) mass is 235 g/mol. The van der Waals surface area contributed by atoms with E-state index in [4.69, 9.17) is 5.41 Å². The summed E-state index contributed by atoms with van der Waals surface area (Å²) in [6, 6.07) is 8.57. The van der Waals surface area contributed by atoms with Crippen LogP contribution in [0.15, 0.2) is 30.3 Å². The topological polar surface area (TPSA) is 73.3 Å². The van der Waals surface area contributed by atoms with Gasteiger partial charge in [-0.25, -0.2) is 0 Å². The number of carbonyl (C=O) groups is 2. The van der Waals surface area contributed by atoms with Crippen molar-refractivity contribution in [3.63, 3.8) is 0 Å². The highest BCUT2D eigenvalue weighted by Crippen LogP contribution is 2.15. The Labute approximate surface area is 96.3 Å². The molecule has 5 nitrogen and oxygen atoms in total. The number of hydrogen-bond donors (Lipinski definition) is 2. The maximum atomic E-state index is 11.7. The molecule has 0 bridgehead atoms. The molecule has 1 saturated heterocycles. The molecule has 1 aliphatic rings. The first-order valence-corrected chi connectivity index (χ1v) is 5.57. The number of amidine groups is 1. The lowest BCUT2D eigenvalue weighted by atomic mass is 10.2. The molecule has 1 aromatic carbocycles. The van der Waals surface area contributed by atoms with Gasteiger partial charge in [0.1, 0.15) is 0 Å². The van der Waals surface area contributed by atoms with Gasteiger partial charge < -0.3 is 0 Å². The van der Waals surface area contributed by atoms with Gasteiger partial charge >= 0.3 is 0 Å². The Morgan fingerprint density at radius 1 is 1.38 bits per heavy atom. The highest BCUT2D eigenvalue weighted by Gasteiger charge is 2.28. The molecule has 0 atom stereocenters.